The van der Waals surface area contributed by atoms with E-state index < -0.39 is 23.6 Å². The van der Waals surface area contributed by atoms with Crippen molar-refractivity contribution in [2.24, 2.45) is 0 Å². The van der Waals surface area contributed by atoms with E-state index in [1.54, 1.807) is 12.4 Å². The fraction of sp³-hybridized carbons (Fsp3) is 0.375. The van der Waals surface area contributed by atoms with Crippen LogP contribution in [0.25, 0.3) is 10.8 Å². The molecule has 2 aromatic carbocycles. The molecule has 0 radical (unpaired) electrons. The molecular formula is C24H25F3N2O3. The molecule has 2 N–H and O–H groups in total. The first-order valence-corrected chi connectivity index (χ1v) is 10.5. The highest BCUT2D eigenvalue weighted by atomic mass is 19.4. The van der Waals surface area contributed by atoms with Crippen LogP contribution in [-0.4, -0.2) is 46.0 Å². The standard InChI is InChI=1S/C24H25F3N2O3/c25-24(26,27)18-5-7-19(8-6-18)32-14-9-22(30)29-12-10-23(31,11-13-29)21-16-28-15-17-3-1-2-4-20(17)21/h1-8,15-16,22,30-31H,9-14H2. The molecule has 1 aromatic heterocycles. The molecule has 1 atom stereocenters. The van der Waals surface area contributed by atoms with Gasteiger partial charge < -0.3 is 14.9 Å². The van der Waals surface area contributed by atoms with Gasteiger partial charge >= 0.3 is 6.18 Å². The van der Waals surface area contributed by atoms with E-state index in [0.717, 1.165) is 28.5 Å². The molecule has 1 fully saturated rings. The molecule has 1 saturated heterocycles. The Labute approximate surface area is 184 Å². The Balaban J connectivity index is 1.30. The lowest BCUT2D eigenvalue weighted by Gasteiger charge is -2.40. The molecular weight excluding hydrogens is 421 g/mol. The first kappa shape index (κ1) is 22.5. The minimum atomic E-state index is -4.38. The number of ether oxygens (including phenoxy) is 1. The summed E-state index contributed by atoms with van der Waals surface area (Å²) in [5, 5.41) is 23.8. The van der Waals surface area contributed by atoms with Crippen molar-refractivity contribution in [1.82, 2.24) is 9.88 Å². The Morgan fingerprint density at radius 1 is 1.03 bits per heavy atom. The highest BCUT2D eigenvalue weighted by molar-refractivity contribution is 5.85. The minimum Gasteiger partial charge on any atom is -0.493 e. The zero-order valence-corrected chi connectivity index (χ0v) is 17.4. The van der Waals surface area contributed by atoms with E-state index in [-0.39, 0.29) is 6.61 Å². The number of aliphatic hydroxyl groups is 2. The molecule has 3 aromatic rings. The van der Waals surface area contributed by atoms with Crippen LogP contribution in [0.15, 0.2) is 60.9 Å². The van der Waals surface area contributed by atoms with Crippen molar-refractivity contribution in [3.63, 3.8) is 0 Å². The van der Waals surface area contributed by atoms with Crippen LogP contribution < -0.4 is 4.74 Å². The predicted octanol–water partition coefficient (Wildman–Crippen LogP) is 4.32. The van der Waals surface area contributed by atoms with Crippen LogP contribution in [0.4, 0.5) is 13.2 Å². The largest absolute Gasteiger partial charge is 0.493 e. The summed E-state index contributed by atoms with van der Waals surface area (Å²) in [7, 11) is 0. The number of hydrogen-bond donors (Lipinski definition) is 2. The summed E-state index contributed by atoms with van der Waals surface area (Å²) >= 11 is 0. The van der Waals surface area contributed by atoms with Gasteiger partial charge in [0.25, 0.3) is 0 Å². The van der Waals surface area contributed by atoms with Gasteiger partial charge in [0, 0.05) is 42.9 Å². The lowest BCUT2D eigenvalue weighted by Crippen LogP contribution is -2.47. The second kappa shape index (κ2) is 9.05. The number of aromatic nitrogens is 1. The Bertz CT molecular complexity index is 1040. The lowest BCUT2D eigenvalue weighted by molar-refractivity contribution is -0.137. The average Bonchev–Trinajstić information content (AvgIpc) is 2.79. The molecule has 2 heterocycles. The predicted molar refractivity (Wildman–Crippen MR) is 114 cm³/mol. The SMILES string of the molecule is OC(CCOc1ccc(C(F)(F)F)cc1)N1CCC(O)(c2cncc3ccccc23)CC1. The molecule has 0 aliphatic carbocycles. The molecule has 8 heteroatoms. The van der Waals surface area contributed by atoms with Gasteiger partial charge in [-0.05, 0) is 42.5 Å². The zero-order valence-electron chi connectivity index (χ0n) is 17.4. The fourth-order valence-electron chi connectivity index (χ4n) is 4.15. The summed E-state index contributed by atoms with van der Waals surface area (Å²) in [6.45, 7) is 1.17. The highest BCUT2D eigenvalue weighted by Crippen LogP contribution is 2.37. The van der Waals surface area contributed by atoms with Gasteiger partial charge in [0.1, 0.15) is 12.0 Å². The number of aliphatic hydroxyl groups excluding tert-OH is 1. The third-order valence-corrected chi connectivity index (χ3v) is 6.04. The van der Waals surface area contributed by atoms with E-state index in [1.165, 1.54) is 12.1 Å². The van der Waals surface area contributed by atoms with Gasteiger partial charge in [-0.25, -0.2) is 0 Å². The van der Waals surface area contributed by atoms with E-state index >= 15 is 0 Å². The summed E-state index contributed by atoms with van der Waals surface area (Å²) in [5.74, 6) is 0.321. The summed E-state index contributed by atoms with van der Waals surface area (Å²) < 4.78 is 43.3. The molecule has 32 heavy (non-hydrogen) atoms. The summed E-state index contributed by atoms with van der Waals surface area (Å²) in [5.41, 5.74) is -0.941. The molecule has 1 unspecified atom stereocenters. The molecule has 0 saturated carbocycles. The van der Waals surface area contributed by atoms with Crippen molar-refractivity contribution in [3.05, 3.63) is 72.1 Å². The number of rotatable bonds is 6. The molecule has 170 valence electrons. The van der Waals surface area contributed by atoms with Gasteiger partial charge in [-0.2, -0.15) is 13.2 Å². The van der Waals surface area contributed by atoms with Crippen molar-refractivity contribution >= 4 is 10.8 Å². The highest BCUT2D eigenvalue weighted by Gasteiger charge is 2.37. The van der Waals surface area contributed by atoms with Gasteiger partial charge in [0.05, 0.1) is 17.8 Å². The Morgan fingerprint density at radius 3 is 2.41 bits per heavy atom. The first-order chi connectivity index (χ1) is 15.3. The number of hydrogen-bond acceptors (Lipinski definition) is 5. The second-order valence-corrected chi connectivity index (χ2v) is 8.12. The third kappa shape index (κ3) is 4.87. The molecule has 0 bridgehead atoms. The van der Waals surface area contributed by atoms with Gasteiger partial charge in [-0.15, -0.1) is 0 Å². The number of likely N-dealkylation sites (tertiary alicyclic amines) is 1. The number of fused-ring (bicyclic) bond motifs is 1. The van der Waals surface area contributed by atoms with Crippen LogP contribution in [-0.2, 0) is 11.8 Å². The van der Waals surface area contributed by atoms with Crippen LogP contribution in [0.3, 0.4) is 0 Å². The van der Waals surface area contributed by atoms with E-state index in [2.05, 4.69) is 4.98 Å². The Kier molecular flexibility index (Phi) is 6.37. The topological polar surface area (TPSA) is 65.8 Å². The molecule has 0 amide bonds. The first-order valence-electron chi connectivity index (χ1n) is 10.5. The third-order valence-electron chi connectivity index (χ3n) is 6.04. The zero-order chi connectivity index (χ0) is 22.8. The van der Waals surface area contributed by atoms with E-state index in [1.807, 2.05) is 29.2 Å². The maximum absolute atomic E-state index is 12.6. The summed E-state index contributed by atoms with van der Waals surface area (Å²) in [4.78, 5) is 6.15. The quantitative estimate of drug-likeness (QED) is 0.590. The molecule has 4 rings (SSSR count). The van der Waals surface area contributed by atoms with E-state index in [0.29, 0.717) is 38.1 Å². The van der Waals surface area contributed by atoms with Crippen molar-refractivity contribution in [2.45, 2.75) is 37.3 Å². The Morgan fingerprint density at radius 2 is 1.72 bits per heavy atom. The number of nitrogens with zero attached hydrogens (tertiary/aromatic N) is 2. The maximum atomic E-state index is 12.6. The normalized spacial score (nSPS) is 17.9. The number of piperidine rings is 1. The smallest absolute Gasteiger partial charge is 0.416 e. The van der Waals surface area contributed by atoms with Crippen molar-refractivity contribution < 1.29 is 28.1 Å². The van der Waals surface area contributed by atoms with E-state index in [9.17, 15) is 23.4 Å². The average molecular weight is 446 g/mol. The number of benzene rings is 2. The van der Waals surface area contributed by atoms with Gasteiger partial charge in [0.2, 0.25) is 0 Å². The van der Waals surface area contributed by atoms with Crippen LogP contribution in [0.1, 0.15) is 30.4 Å². The van der Waals surface area contributed by atoms with Crippen molar-refractivity contribution in [2.75, 3.05) is 19.7 Å². The minimum absolute atomic E-state index is 0.167. The van der Waals surface area contributed by atoms with Crippen molar-refractivity contribution in [3.8, 4) is 5.75 Å². The Hall–Kier alpha value is -2.68. The molecule has 1 aliphatic rings. The fourth-order valence-corrected chi connectivity index (χ4v) is 4.15. The van der Waals surface area contributed by atoms with Crippen LogP contribution in [0.5, 0.6) is 5.75 Å². The molecule has 1 aliphatic heterocycles. The van der Waals surface area contributed by atoms with Gasteiger partial charge in [-0.1, -0.05) is 24.3 Å². The summed E-state index contributed by atoms with van der Waals surface area (Å²) in [6.07, 6.45) is -0.439. The number of pyridine rings is 1. The van der Waals surface area contributed by atoms with Gasteiger partial charge in [0.15, 0.2) is 0 Å². The second-order valence-electron chi connectivity index (χ2n) is 8.12. The molecule has 5 nitrogen and oxygen atoms in total. The monoisotopic (exact) mass is 446 g/mol. The van der Waals surface area contributed by atoms with Gasteiger partial charge in [-0.3, -0.25) is 9.88 Å². The van der Waals surface area contributed by atoms with Crippen LogP contribution in [0, 0.1) is 0 Å². The number of alkyl halides is 3. The lowest BCUT2D eigenvalue weighted by atomic mass is 9.83. The maximum Gasteiger partial charge on any atom is 0.416 e. The summed E-state index contributed by atoms with van der Waals surface area (Å²) in [6, 6.07) is 12.3. The molecule has 0 spiro atoms. The van der Waals surface area contributed by atoms with E-state index in [4.69, 9.17) is 4.74 Å². The van der Waals surface area contributed by atoms with Crippen LogP contribution in [0.2, 0.25) is 0 Å². The van der Waals surface area contributed by atoms with Crippen LogP contribution >= 0.6 is 0 Å². The number of halogens is 3. The van der Waals surface area contributed by atoms with Crippen molar-refractivity contribution in [1.29, 1.82) is 0 Å².